The van der Waals surface area contributed by atoms with Crippen molar-refractivity contribution in [1.29, 1.82) is 0 Å². The number of carbonyl (C=O) groups is 2. The van der Waals surface area contributed by atoms with Crippen LogP contribution in [0.1, 0.15) is 23.6 Å². The van der Waals surface area contributed by atoms with Crippen molar-refractivity contribution in [2.75, 3.05) is 34.3 Å². The Labute approximate surface area is 175 Å². The van der Waals surface area contributed by atoms with Crippen molar-refractivity contribution in [3.8, 4) is 5.75 Å². The molecule has 0 aliphatic carbocycles. The molecule has 1 aliphatic rings. The molecule has 1 unspecified atom stereocenters. The van der Waals surface area contributed by atoms with Crippen molar-refractivity contribution in [1.82, 2.24) is 4.90 Å². The molecule has 1 atom stereocenters. The van der Waals surface area contributed by atoms with E-state index in [1.807, 2.05) is 14.1 Å². The summed E-state index contributed by atoms with van der Waals surface area (Å²) in [6.07, 6.45) is 0.666. The van der Waals surface area contributed by atoms with Gasteiger partial charge in [0.15, 0.2) is 0 Å². The number of rotatable bonds is 7. The second-order valence-electron chi connectivity index (χ2n) is 7.57. The third-order valence-corrected chi connectivity index (χ3v) is 5.12. The van der Waals surface area contributed by atoms with Gasteiger partial charge in [0.25, 0.3) is 5.91 Å². The van der Waals surface area contributed by atoms with Crippen molar-refractivity contribution < 1.29 is 28.7 Å². The van der Waals surface area contributed by atoms with E-state index in [1.165, 1.54) is 47.2 Å². The number of carbonyl (C=O) groups excluding carboxylic acids is 2. The zero-order valence-electron chi connectivity index (χ0n) is 17.3. The molecule has 0 saturated carbocycles. The van der Waals surface area contributed by atoms with E-state index in [2.05, 4.69) is 0 Å². The van der Waals surface area contributed by atoms with Gasteiger partial charge in [0.05, 0.1) is 33.8 Å². The standard InChI is InChI=1S/C23H25FN2O4/c1-25(2)12-5-13-26-20(15-8-10-17(24)11-9-15)19(22(28)23(26)29)21(27)16-6-4-7-18(14-16)30-3/h4,6-11,14,20,27H,5,12-13H2,1-3H3/b21-19+. The Balaban J connectivity index is 2.09. The summed E-state index contributed by atoms with van der Waals surface area (Å²) in [5.74, 6) is -2.00. The van der Waals surface area contributed by atoms with E-state index in [4.69, 9.17) is 4.74 Å². The average Bonchev–Trinajstić information content (AvgIpc) is 2.98. The molecule has 6 nitrogen and oxygen atoms in total. The normalized spacial score (nSPS) is 18.3. The van der Waals surface area contributed by atoms with Gasteiger partial charge in [0.1, 0.15) is 11.6 Å². The van der Waals surface area contributed by atoms with Gasteiger partial charge in [-0.25, -0.2) is 4.39 Å². The largest absolute Gasteiger partial charge is 0.872 e. The van der Waals surface area contributed by atoms with Crippen molar-refractivity contribution in [2.24, 2.45) is 0 Å². The van der Waals surface area contributed by atoms with Crippen LogP contribution in [0.5, 0.6) is 5.75 Å². The van der Waals surface area contributed by atoms with E-state index >= 15 is 0 Å². The van der Waals surface area contributed by atoms with Crippen LogP contribution in [-0.2, 0) is 9.59 Å². The molecule has 1 fully saturated rings. The number of nitrogens with one attached hydrogen (secondary N) is 1. The van der Waals surface area contributed by atoms with Gasteiger partial charge in [0.2, 0.25) is 5.78 Å². The van der Waals surface area contributed by atoms with E-state index in [0.29, 0.717) is 24.3 Å². The number of halogens is 1. The third-order valence-electron chi connectivity index (χ3n) is 5.12. The van der Waals surface area contributed by atoms with E-state index in [1.54, 1.807) is 18.2 Å². The van der Waals surface area contributed by atoms with Crippen LogP contribution in [0.15, 0.2) is 54.1 Å². The zero-order valence-corrected chi connectivity index (χ0v) is 17.3. The second-order valence-corrected chi connectivity index (χ2v) is 7.57. The van der Waals surface area contributed by atoms with Crippen molar-refractivity contribution in [2.45, 2.75) is 12.5 Å². The van der Waals surface area contributed by atoms with Crippen LogP contribution in [0.2, 0.25) is 0 Å². The molecule has 1 amide bonds. The molecule has 1 N–H and O–H groups in total. The first-order chi connectivity index (χ1) is 14.3. The number of quaternary nitrogens is 1. The van der Waals surface area contributed by atoms with Crippen LogP contribution in [-0.4, -0.2) is 50.9 Å². The van der Waals surface area contributed by atoms with Crippen LogP contribution in [0.25, 0.3) is 5.76 Å². The highest BCUT2D eigenvalue weighted by molar-refractivity contribution is 6.46. The summed E-state index contributed by atoms with van der Waals surface area (Å²) in [4.78, 5) is 28.3. The maximum Gasteiger partial charge on any atom is 0.295 e. The first-order valence-electron chi connectivity index (χ1n) is 9.79. The molecule has 0 radical (unpaired) electrons. The highest BCUT2D eigenvalue weighted by Gasteiger charge is 2.43. The molecule has 1 heterocycles. The minimum atomic E-state index is -0.846. The monoisotopic (exact) mass is 412 g/mol. The number of hydrogen-bond acceptors (Lipinski definition) is 4. The van der Waals surface area contributed by atoms with Crippen molar-refractivity contribution in [3.05, 3.63) is 71.0 Å². The third kappa shape index (κ3) is 4.36. The number of nitrogens with zero attached hydrogens (tertiary/aromatic N) is 1. The summed E-state index contributed by atoms with van der Waals surface area (Å²) in [5, 5.41) is 13.3. The fourth-order valence-electron chi connectivity index (χ4n) is 3.62. The van der Waals surface area contributed by atoms with Gasteiger partial charge in [-0.1, -0.05) is 30.0 Å². The van der Waals surface area contributed by atoms with Gasteiger partial charge < -0.3 is 19.6 Å². The number of methoxy groups -OCH3 is 1. The lowest BCUT2D eigenvalue weighted by atomic mass is 9.95. The van der Waals surface area contributed by atoms with Gasteiger partial charge in [-0.05, 0) is 35.4 Å². The van der Waals surface area contributed by atoms with Gasteiger partial charge in [-0.2, -0.15) is 0 Å². The van der Waals surface area contributed by atoms with E-state index in [9.17, 15) is 19.1 Å². The minimum absolute atomic E-state index is 0.114. The Bertz CT molecular complexity index is 969. The topological polar surface area (TPSA) is 74.1 Å². The average molecular weight is 412 g/mol. The van der Waals surface area contributed by atoms with Gasteiger partial charge in [-0.3, -0.25) is 9.59 Å². The quantitative estimate of drug-likeness (QED) is 0.411. The second kappa shape index (κ2) is 9.09. The summed E-state index contributed by atoms with van der Waals surface area (Å²) in [7, 11) is 5.48. The fourth-order valence-corrected chi connectivity index (χ4v) is 3.62. The number of Topliss-reactive ketones (excluding diaryl/α,β-unsaturated/α-hetero) is 1. The predicted molar refractivity (Wildman–Crippen MR) is 108 cm³/mol. The lowest BCUT2D eigenvalue weighted by Crippen LogP contribution is -3.05. The van der Waals surface area contributed by atoms with Gasteiger partial charge in [-0.15, -0.1) is 0 Å². The first kappa shape index (κ1) is 21.5. The van der Waals surface area contributed by atoms with Crippen LogP contribution in [0, 0.1) is 5.82 Å². The molecule has 2 aromatic rings. The number of likely N-dealkylation sites (tertiary alicyclic amines) is 1. The summed E-state index contributed by atoms with van der Waals surface area (Å²) >= 11 is 0. The molecular weight excluding hydrogens is 387 g/mol. The fraction of sp³-hybridized carbons (Fsp3) is 0.304. The highest BCUT2D eigenvalue weighted by Crippen LogP contribution is 2.39. The highest BCUT2D eigenvalue weighted by atomic mass is 19.1. The molecule has 158 valence electrons. The Morgan fingerprint density at radius 1 is 1.17 bits per heavy atom. The lowest BCUT2D eigenvalue weighted by Gasteiger charge is -2.27. The number of ketones is 1. The number of amides is 1. The Morgan fingerprint density at radius 2 is 1.87 bits per heavy atom. The van der Waals surface area contributed by atoms with Crippen LogP contribution in [0.4, 0.5) is 4.39 Å². The van der Waals surface area contributed by atoms with E-state index in [-0.39, 0.29) is 11.1 Å². The van der Waals surface area contributed by atoms with Gasteiger partial charge in [0, 0.05) is 18.5 Å². The number of ether oxygens (including phenoxy) is 1. The van der Waals surface area contributed by atoms with Gasteiger partial charge >= 0.3 is 0 Å². The predicted octanol–water partition coefficient (Wildman–Crippen LogP) is 0.593. The maximum atomic E-state index is 13.5. The molecule has 2 aromatic carbocycles. The summed E-state index contributed by atoms with van der Waals surface area (Å²) in [6.45, 7) is 1.12. The van der Waals surface area contributed by atoms with Crippen LogP contribution in [0.3, 0.4) is 0 Å². The molecule has 0 spiro atoms. The zero-order chi connectivity index (χ0) is 21.8. The summed E-state index contributed by atoms with van der Waals surface area (Å²) in [5.41, 5.74) is 0.674. The summed E-state index contributed by atoms with van der Waals surface area (Å²) < 4.78 is 18.7. The maximum absolute atomic E-state index is 13.5. The summed E-state index contributed by atoms with van der Waals surface area (Å²) in [6, 6.07) is 11.2. The minimum Gasteiger partial charge on any atom is -0.872 e. The van der Waals surface area contributed by atoms with E-state index < -0.39 is 29.3 Å². The smallest absolute Gasteiger partial charge is 0.295 e. The molecule has 30 heavy (non-hydrogen) atoms. The Morgan fingerprint density at radius 3 is 2.50 bits per heavy atom. The van der Waals surface area contributed by atoms with Crippen molar-refractivity contribution >= 4 is 17.4 Å². The van der Waals surface area contributed by atoms with Crippen LogP contribution >= 0.6 is 0 Å². The first-order valence-corrected chi connectivity index (χ1v) is 9.79. The lowest BCUT2D eigenvalue weighted by molar-refractivity contribution is -0.858. The van der Waals surface area contributed by atoms with Crippen LogP contribution < -0.4 is 14.7 Å². The molecule has 1 saturated heterocycles. The molecule has 0 bridgehead atoms. The molecule has 0 aromatic heterocycles. The Hall–Kier alpha value is -3.19. The molecule has 7 heteroatoms. The number of benzene rings is 2. The Kier molecular flexibility index (Phi) is 6.52. The van der Waals surface area contributed by atoms with Crippen molar-refractivity contribution in [3.63, 3.8) is 0 Å². The molecule has 3 rings (SSSR count). The number of hydrogen-bond donors (Lipinski definition) is 1. The molecule has 1 aliphatic heterocycles. The van der Waals surface area contributed by atoms with E-state index in [0.717, 1.165) is 6.54 Å². The molecular formula is C23H25FN2O4. The SMILES string of the molecule is COc1cccc(/C([O-])=C2\C(=O)C(=O)N(CCC[NH+](C)C)C2c2ccc(F)cc2)c1.